The van der Waals surface area contributed by atoms with E-state index in [4.69, 9.17) is 0 Å². The van der Waals surface area contributed by atoms with Gasteiger partial charge < -0.3 is 10.2 Å². The van der Waals surface area contributed by atoms with Crippen LogP contribution in [0.4, 0.5) is 5.69 Å². The summed E-state index contributed by atoms with van der Waals surface area (Å²) in [4.78, 5) is 27.7. The van der Waals surface area contributed by atoms with Crippen LogP contribution in [0.1, 0.15) is 30.9 Å². The fraction of sp³-hybridized carbons (Fsp3) is 0.300. The van der Waals surface area contributed by atoms with Crippen LogP contribution >= 0.6 is 0 Å². The molecule has 130 valence electrons. The predicted molar refractivity (Wildman–Crippen MR) is 98.4 cm³/mol. The van der Waals surface area contributed by atoms with Gasteiger partial charge in [-0.1, -0.05) is 6.07 Å². The highest BCUT2D eigenvalue weighted by Gasteiger charge is 2.47. The van der Waals surface area contributed by atoms with Crippen LogP contribution in [-0.2, 0) is 4.79 Å². The van der Waals surface area contributed by atoms with Gasteiger partial charge in [0.2, 0.25) is 5.91 Å². The third-order valence-corrected chi connectivity index (χ3v) is 5.21. The van der Waals surface area contributed by atoms with E-state index < -0.39 is 0 Å². The van der Waals surface area contributed by atoms with E-state index >= 15 is 0 Å². The molecule has 0 radical (unpaired) electrons. The number of anilines is 1. The summed E-state index contributed by atoms with van der Waals surface area (Å²) in [6, 6.07) is 8.22. The fourth-order valence-electron chi connectivity index (χ4n) is 3.93. The average Bonchev–Trinajstić information content (AvgIpc) is 3.46. The lowest BCUT2D eigenvalue weighted by atomic mass is 10.0. The molecule has 2 aliphatic rings. The van der Waals surface area contributed by atoms with E-state index in [2.05, 4.69) is 31.2 Å². The molecule has 6 nitrogen and oxygen atoms in total. The maximum absolute atomic E-state index is 12.7. The third-order valence-electron chi connectivity index (χ3n) is 5.21. The Morgan fingerprint density at radius 2 is 1.92 bits per heavy atom. The number of nitrogens with zero attached hydrogens (tertiary/aromatic N) is 4. The Morgan fingerprint density at radius 1 is 1.04 bits per heavy atom. The number of hydrogen-bond acceptors (Lipinski definition) is 5. The summed E-state index contributed by atoms with van der Waals surface area (Å²) in [5, 5.41) is 4.57. The predicted octanol–water partition coefficient (Wildman–Crippen LogP) is 2.94. The molecular weight excluding hydrogens is 326 g/mol. The Hall–Kier alpha value is -3.02. The molecule has 0 spiro atoms. The molecular formula is C20H19N5O. The Labute approximate surface area is 151 Å². The largest absolute Gasteiger partial charge is 0.379 e. The smallest absolute Gasteiger partial charge is 0.225 e. The molecule has 3 aromatic rings. The molecule has 2 fully saturated rings. The SMILES string of the molecule is O=C1C[C@@H](Nc2ccnc3ccncc23)[C@H](c2cccnc2)N1C1CC1. The van der Waals surface area contributed by atoms with Crippen LogP contribution in [0.5, 0.6) is 0 Å². The maximum Gasteiger partial charge on any atom is 0.225 e. The number of aromatic nitrogens is 3. The van der Waals surface area contributed by atoms with Gasteiger partial charge in [0.1, 0.15) is 0 Å². The quantitative estimate of drug-likeness (QED) is 0.787. The van der Waals surface area contributed by atoms with Crippen molar-refractivity contribution >= 4 is 22.5 Å². The molecule has 1 aliphatic carbocycles. The van der Waals surface area contributed by atoms with Crippen molar-refractivity contribution in [3.63, 3.8) is 0 Å². The number of likely N-dealkylation sites (tertiary alicyclic amines) is 1. The molecule has 1 aliphatic heterocycles. The highest BCUT2D eigenvalue weighted by Crippen LogP contribution is 2.43. The van der Waals surface area contributed by atoms with Crippen molar-refractivity contribution in [2.24, 2.45) is 0 Å². The number of fused-ring (bicyclic) bond motifs is 1. The van der Waals surface area contributed by atoms with E-state index in [1.54, 1.807) is 18.6 Å². The lowest BCUT2D eigenvalue weighted by Gasteiger charge is -2.29. The molecule has 26 heavy (non-hydrogen) atoms. The molecule has 0 bridgehead atoms. The number of nitrogens with one attached hydrogen (secondary N) is 1. The van der Waals surface area contributed by atoms with Crippen molar-refractivity contribution in [2.45, 2.75) is 37.4 Å². The zero-order valence-corrected chi connectivity index (χ0v) is 14.2. The number of pyridine rings is 3. The van der Waals surface area contributed by atoms with Gasteiger partial charge in [-0.25, -0.2) is 0 Å². The molecule has 6 heteroatoms. The third kappa shape index (κ3) is 2.58. The monoisotopic (exact) mass is 345 g/mol. The minimum Gasteiger partial charge on any atom is -0.379 e. The average molecular weight is 345 g/mol. The van der Waals surface area contributed by atoms with Crippen molar-refractivity contribution in [1.82, 2.24) is 19.9 Å². The summed E-state index contributed by atoms with van der Waals surface area (Å²) in [7, 11) is 0. The number of carbonyl (C=O) groups is 1. The summed E-state index contributed by atoms with van der Waals surface area (Å²) in [5.41, 5.74) is 2.94. The second-order valence-corrected chi connectivity index (χ2v) is 6.97. The van der Waals surface area contributed by atoms with Crippen LogP contribution in [0.25, 0.3) is 10.9 Å². The molecule has 1 amide bonds. The first kappa shape index (κ1) is 15.3. The van der Waals surface area contributed by atoms with Gasteiger partial charge in [0, 0.05) is 54.5 Å². The number of hydrogen-bond donors (Lipinski definition) is 1. The van der Waals surface area contributed by atoms with Crippen LogP contribution in [0.2, 0.25) is 0 Å². The molecule has 3 aromatic heterocycles. The van der Waals surface area contributed by atoms with Gasteiger partial charge in [0.15, 0.2) is 0 Å². The van der Waals surface area contributed by atoms with Crippen molar-refractivity contribution in [3.8, 4) is 0 Å². The first-order valence-corrected chi connectivity index (χ1v) is 8.97. The van der Waals surface area contributed by atoms with E-state index in [1.807, 2.05) is 30.6 Å². The zero-order chi connectivity index (χ0) is 17.5. The van der Waals surface area contributed by atoms with Gasteiger partial charge in [-0.3, -0.25) is 19.7 Å². The molecule has 5 rings (SSSR count). The summed E-state index contributed by atoms with van der Waals surface area (Å²) < 4.78 is 0. The second-order valence-electron chi connectivity index (χ2n) is 6.97. The first-order chi connectivity index (χ1) is 12.8. The lowest BCUT2D eigenvalue weighted by molar-refractivity contribution is -0.129. The second kappa shape index (κ2) is 6.05. The maximum atomic E-state index is 12.7. The zero-order valence-electron chi connectivity index (χ0n) is 14.2. The number of carbonyl (C=O) groups excluding carboxylic acids is 1. The molecule has 4 heterocycles. The van der Waals surface area contributed by atoms with E-state index in [-0.39, 0.29) is 18.0 Å². The Bertz CT molecular complexity index is 951. The molecule has 1 saturated heterocycles. The summed E-state index contributed by atoms with van der Waals surface area (Å²) in [6.45, 7) is 0. The molecule has 0 unspecified atom stereocenters. The molecule has 1 saturated carbocycles. The Morgan fingerprint density at radius 3 is 2.73 bits per heavy atom. The van der Waals surface area contributed by atoms with E-state index in [9.17, 15) is 4.79 Å². The number of amides is 1. The van der Waals surface area contributed by atoms with E-state index in [0.717, 1.165) is 35.0 Å². The van der Waals surface area contributed by atoms with Crippen molar-refractivity contribution in [3.05, 3.63) is 60.8 Å². The van der Waals surface area contributed by atoms with Crippen molar-refractivity contribution in [1.29, 1.82) is 0 Å². The molecule has 1 N–H and O–H groups in total. The highest BCUT2D eigenvalue weighted by atomic mass is 16.2. The summed E-state index contributed by atoms with van der Waals surface area (Å²) in [6.07, 6.45) is 11.7. The van der Waals surface area contributed by atoms with Gasteiger partial charge in [0.25, 0.3) is 0 Å². The van der Waals surface area contributed by atoms with Crippen LogP contribution < -0.4 is 5.32 Å². The first-order valence-electron chi connectivity index (χ1n) is 8.97. The van der Waals surface area contributed by atoms with Crippen LogP contribution in [0.3, 0.4) is 0 Å². The summed E-state index contributed by atoms with van der Waals surface area (Å²) in [5.74, 6) is 0.218. The lowest BCUT2D eigenvalue weighted by Crippen LogP contribution is -2.34. The highest BCUT2D eigenvalue weighted by molar-refractivity contribution is 5.91. The van der Waals surface area contributed by atoms with Crippen LogP contribution in [0, 0.1) is 0 Å². The van der Waals surface area contributed by atoms with Gasteiger partial charge in [-0.2, -0.15) is 0 Å². The van der Waals surface area contributed by atoms with Gasteiger partial charge >= 0.3 is 0 Å². The van der Waals surface area contributed by atoms with Gasteiger partial charge in [-0.05, 0) is 36.6 Å². The van der Waals surface area contributed by atoms with Crippen molar-refractivity contribution in [2.75, 3.05) is 5.32 Å². The van der Waals surface area contributed by atoms with Crippen LogP contribution in [0.15, 0.2) is 55.2 Å². The van der Waals surface area contributed by atoms with Crippen LogP contribution in [-0.4, -0.2) is 37.8 Å². The van der Waals surface area contributed by atoms with E-state index in [0.29, 0.717) is 12.5 Å². The fourth-order valence-corrected chi connectivity index (χ4v) is 3.93. The van der Waals surface area contributed by atoms with Gasteiger partial charge in [0.05, 0.1) is 17.6 Å². The standard InChI is InChI=1S/C20H19N5O/c26-19-10-18(24-17-6-9-23-16-5-8-22-12-15(16)17)20(25(19)14-3-4-14)13-2-1-7-21-11-13/h1-2,5-9,11-12,14,18,20H,3-4,10H2,(H,23,24)/t18-,20+/m1/s1. The minimum atomic E-state index is -0.00175. The normalized spacial score (nSPS) is 22.8. The van der Waals surface area contributed by atoms with Crippen molar-refractivity contribution < 1.29 is 4.79 Å². The molecule has 2 atom stereocenters. The number of rotatable bonds is 4. The minimum absolute atomic E-state index is 0.00175. The summed E-state index contributed by atoms with van der Waals surface area (Å²) >= 11 is 0. The van der Waals surface area contributed by atoms with Gasteiger partial charge in [-0.15, -0.1) is 0 Å². The topological polar surface area (TPSA) is 71.0 Å². The van der Waals surface area contributed by atoms with E-state index in [1.165, 1.54) is 0 Å². The Kier molecular flexibility index (Phi) is 3.55. The molecule has 0 aromatic carbocycles. The Balaban J connectivity index is 1.53.